The van der Waals surface area contributed by atoms with Crippen molar-refractivity contribution in [3.63, 3.8) is 0 Å². The van der Waals surface area contributed by atoms with E-state index < -0.39 is 10.0 Å². The molecule has 0 bridgehead atoms. The molecule has 114 valence electrons. The molecule has 1 aromatic carbocycles. The van der Waals surface area contributed by atoms with Crippen LogP contribution in [0.2, 0.25) is 5.02 Å². The van der Waals surface area contributed by atoms with Crippen LogP contribution in [-0.2, 0) is 10.0 Å². The van der Waals surface area contributed by atoms with Gasteiger partial charge in [0.05, 0.1) is 10.9 Å². The highest BCUT2D eigenvalue weighted by Crippen LogP contribution is 2.36. The molecule has 0 amide bonds. The molecule has 3 aromatic rings. The second-order valence-electron chi connectivity index (χ2n) is 4.38. The number of nitrogens with one attached hydrogen (secondary N) is 1. The van der Waals surface area contributed by atoms with Gasteiger partial charge in [-0.25, -0.2) is 13.1 Å². The van der Waals surface area contributed by atoms with Crippen LogP contribution < -0.4 is 9.46 Å². The average Bonchev–Trinajstić information content (AvgIpc) is 2.95. The lowest BCUT2D eigenvalue weighted by Gasteiger charge is -2.06. The Kier molecular flexibility index (Phi) is 4.05. The van der Waals surface area contributed by atoms with E-state index in [2.05, 4.69) is 9.71 Å². The van der Waals surface area contributed by atoms with Gasteiger partial charge in [-0.15, -0.1) is 11.3 Å². The van der Waals surface area contributed by atoms with Crippen molar-refractivity contribution >= 4 is 43.0 Å². The Bertz CT molecular complexity index is 921. The maximum absolute atomic E-state index is 11.9. The Morgan fingerprint density at radius 3 is 2.64 bits per heavy atom. The molecule has 1 N–H and O–H groups in total. The minimum atomic E-state index is -3.49. The zero-order valence-corrected chi connectivity index (χ0v) is 13.8. The van der Waals surface area contributed by atoms with Gasteiger partial charge in [-0.1, -0.05) is 11.6 Å². The van der Waals surface area contributed by atoms with Crippen LogP contribution in [0.1, 0.15) is 0 Å². The molecule has 3 rings (SSSR count). The summed E-state index contributed by atoms with van der Waals surface area (Å²) < 4.78 is 32.8. The Hall–Kier alpha value is -1.67. The van der Waals surface area contributed by atoms with Gasteiger partial charge in [0, 0.05) is 16.6 Å². The molecule has 0 saturated heterocycles. The molecule has 0 spiro atoms. The van der Waals surface area contributed by atoms with Crippen molar-refractivity contribution in [2.75, 3.05) is 7.05 Å². The van der Waals surface area contributed by atoms with Gasteiger partial charge in [0.2, 0.25) is 10.0 Å². The van der Waals surface area contributed by atoms with E-state index in [0.717, 1.165) is 16.0 Å². The van der Waals surface area contributed by atoms with Gasteiger partial charge in [-0.05, 0) is 37.4 Å². The maximum Gasteiger partial charge on any atom is 0.249 e. The van der Waals surface area contributed by atoms with Crippen molar-refractivity contribution in [1.82, 2.24) is 9.71 Å². The smallest absolute Gasteiger partial charge is 0.249 e. The molecule has 0 atom stereocenters. The quantitative estimate of drug-likeness (QED) is 0.776. The van der Waals surface area contributed by atoms with Crippen LogP contribution in [0.5, 0.6) is 11.5 Å². The fraction of sp³-hybridized carbons (Fsp3) is 0.0714. The van der Waals surface area contributed by atoms with Crippen molar-refractivity contribution in [3.8, 4) is 11.5 Å². The number of thiophene rings is 1. The number of sulfonamides is 1. The van der Waals surface area contributed by atoms with E-state index in [1.165, 1.54) is 7.05 Å². The van der Waals surface area contributed by atoms with Gasteiger partial charge >= 0.3 is 0 Å². The van der Waals surface area contributed by atoms with Crippen molar-refractivity contribution < 1.29 is 13.2 Å². The Labute approximate surface area is 136 Å². The summed E-state index contributed by atoms with van der Waals surface area (Å²) in [5.41, 5.74) is 0. The zero-order chi connectivity index (χ0) is 15.7. The molecule has 2 aromatic heterocycles. The summed E-state index contributed by atoms with van der Waals surface area (Å²) in [5.74, 6) is 1.09. The molecule has 2 heterocycles. The molecule has 0 fully saturated rings. The normalized spacial score (nSPS) is 11.7. The third kappa shape index (κ3) is 2.93. The molecule has 8 heteroatoms. The van der Waals surface area contributed by atoms with E-state index in [0.29, 0.717) is 21.9 Å². The zero-order valence-electron chi connectivity index (χ0n) is 11.4. The highest BCUT2D eigenvalue weighted by molar-refractivity contribution is 7.91. The lowest BCUT2D eigenvalue weighted by Crippen LogP contribution is -2.17. The van der Waals surface area contributed by atoms with Crippen molar-refractivity contribution in [1.29, 1.82) is 0 Å². The summed E-state index contributed by atoms with van der Waals surface area (Å²) in [7, 11) is -2.11. The van der Waals surface area contributed by atoms with Gasteiger partial charge in [0.15, 0.2) is 5.75 Å². The maximum atomic E-state index is 11.9. The number of hydrogen-bond donors (Lipinski definition) is 1. The van der Waals surface area contributed by atoms with Crippen LogP contribution in [0.3, 0.4) is 0 Å². The molecule has 0 saturated carbocycles. The summed E-state index contributed by atoms with van der Waals surface area (Å²) in [6, 6.07) is 8.49. The van der Waals surface area contributed by atoms with Crippen LogP contribution in [-0.4, -0.2) is 20.4 Å². The summed E-state index contributed by atoms with van der Waals surface area (Å²) in [6.45, 7) is 0. The average molecular weight is 355 g/mol. The molecule has 0 aliphatic heterocycles. The molecular formula is C14H11ClN2O3S2. The summed E-state index contributed by atoms with van der Waals surface area (Å²) in [4.78, 5) is 4.09. The number of ether oxygens (including phenoxy) is 1. The second kappa shape index (κ2) is 5.85. The van der Waals surface area contributed by atoms with Crippen LogP contribution in [0, 0.1) is 0 Å². The largest absolute Gasteiger partial charge is 0.455 e. The number of rotatable bonds is 4. The number of benzene rings is 1. The Morgan fingerprint density at radius 2 is 1.95 bits per heavy atom. The molecule has 22 heavy (non-hydrogen) atoms. The van der Waals surface area contributed by atoms with Crippen molar-refractivity contribution in [2.24, 2.45) is 0 Å². The summed E-state index contributed by atoms with van der Waals surface area (Å²) >= 11 is 6.98. The van der Waals surface area contributed by atoms with E-state index in [1.807, 2.05) is 0 Å². The molecule has 0 unspecified atom stereocenters. The number of nitrogens with zero attached hydrogens (tertiary/aromatic N) is 1. The first-order valence-corrected chi connectivity index (χ1v) is 8.92. The van der Waals surface area contributed by atoms with Gasteiger partial charge in [-0.2, -0.15) is 0 Å². The Balaban J connectivity index is 2.05. The lowest BCUT2D eigenvalue weighted by atomic mass is 10.3. The molecular weight excluding hydrogens is 344 g/mol. The number of halogens is 1. The highest BCUT2D eigenvalue weighted by Gasteiger charge is 2.17. The third-order valence-corrected chi connectivity index (χ3v) is 6.17. The first kappa shape index (κ1) is 15.2. The first-order chi connectivity index (χ1) is 10.5. The van der Waals surface area contributed by atoms with Crippen molar-refractivity contribution in [2.45, 2.75) is 4.21 Å². The SMILES string of the molecule is CNS(=O)(=O)c1cc2c(Oc3ccc(Cl)cc3)cncc2s1. The number of aromatic nitrogens is 1. The van der Waals surface area contributed by atoms with E-state index >= 15 is 0 Å². The Morgan fingerprint density at radius 1 is 1.23 bits per heavy atom. The third-order valence-electron chi connectivity index (χ3n) is 2.96. The predicted octanol–water partition coefficient (Wildman–Crippen LogP) is 3.65. The summed E-state index contributed by atoms with van der Waals surface area (Å²) in [6.07, 6.45) is 3.17. The number of pyridine rings is 1. The fourth-order valence-corrected chi connectivity index (χ4v) is 4.19. The van der Waals surface area contributed by atoms with Gasteiger partial charge < -0.3 is 4.74 Å². The summed E-state index contributed by atoms with van der Waals surface area (Å²) in [5, 5.41) is 1.31. The lowest BCUT2D eigenvalue weighted by molar-refractivity contribution is 0.486. The monoisotopic (exact) mass is 354 g/mol. The van der Waals surface area contributed by atoms with Gasteiger partial charge in [0.25, 0.3) is 0 Å². The van der Waals surface area contributed by atoms with Gasteiger partial charge in [-0.3, -0.25) is 4.98 Å². The first-order valence-electron chi connectivity index (χ1n) is 6.24. The minimum Gasteiger partial charge on any atom is -0.455 e. The predicted molar refractivity (Wildman–Crippen MR) is 87.4 cm³/mol. The standard InChI is InChI=1S/C14H11ClN2O3S2/c1-16-22(18,19)14-6-11-12(7-17-8-13(11)21-14)20-10-4-2-9(15)3-5-10/h2-8,16H,1H3. The van der Waals surface area contributed by atoms with E-state index in [9.17, 15) is 8.42 Å². The molecule has 5 nitrogen and oxygen atoms in total. The van der Waals surface area contributed by atoms with Crippen LogP contribution in [0.25, 0.3) is 10.1 Å². The minimum absolute atomic E-state index is 0.221. The number of hydrogen-bond acceptors (Lipinski definition) is 5. The van der Waals surface area contributed by atoms with Crippen LogP contribution in [0.4, 0.5) is 0 Å². The number of fused-ring (bicyclic) bond motifs is 1. The fourth-order valence-electron chi connectivity index (χ4n) is 1.86. The van der Waals surface area contributed by atoms with Crippen LogP contribution >= 0.6 is 22.9 Å². The van der Waals surface area contributed by atoms with Crippen LogP contribution in [0.15, 0.2) is 46.9 Å². The second-order valence-corrected chi connectivity index (χ2v) is 8.01. The van der Waals surface area contributed by atoms with E-state index in [4.69, 9.17) is 16.3 Å². The van der Waals surface area contributed by atoms with Gasteiger partial charge in [0.1, 0.15) is 9.96 Å². The topological polar surface area (TPSA) is 68.3 Å². The molecule has 0 aliphatic rings. The molecule has 0 aliphatic carbocycles. The highest BCUT2D eigenvalue weighted by atomic mass is 35.5. The van der Waals surface area contributed by atoms with E-state index in [-0.39, 0.29) is 4.21 Å². The van der Waals surface area contributed by atoms with Crippen molar-refractivity contribution in [3.05, 3.63) is 47.7 Å². The molecule has 0 radical (unpaired) electrons. The van der Waals surface area contributed by atoms with E-state index in [1.54, 1.807) is 42.7 Å².